The van der Waals surface area contributed by atoms with Crippen molar-refractivity contribution < 1.29 is 9.90 Å². The second-order valence-electron chi connectivity index (χ2n) is 7.24. The summed E-state index contributed by atoms with van der Waals surface area (Å²) in [7, 11) is 0. The average Bonchev–Trinajstić information content (AvgIpc) is 2.67. The quantitative estimate of drug-likeness (QED) is 0.265. The van der Waals surface area contributed by atoms with Crippen LogP contribution in [-0.2, 0) is 0 Å². The zero-order valence-corrected chi connectivity index (χ0v) is 20.4. The van der Waals surface area contributed by atoms with Gasteiger partial charge in [-0.1, -0.05) is 51.4 Å². The summed E-state index contributed by atoms with van der Waals surface area (Å²) in [5.74, 6) is -0.00507. The van der Waals surface area contributed by atoms with Crippen LogP contribution in [0.15, 0.2) is 57.5 Å². The Morgan fingerprint density at radius 3 is 1.84 bits per heavy atom. The maximum absolute atomic E-state index is 11.2. The Morgan fingerprint density at radius 1 is 0.871 bits per heavy atom. The maximum Gasteiger partial charge on any atom is 0.178 e. The largest absolute Gasteiger partial charge is 0.387 e. The molecule has 0 saturated heterocycles. The van der Waals surface area contributed by atoms with E-state index >= 15 is 0 Å². The molecule has 0 spiro atoms. The van der Waals surface area contributed by atoms with Gasteiger partial charge in [-0.3, -0.25) is 9.78 Å². The molecule has 0 saturated carbocycles. The van der Waals surface area contributed by atoms with Gasteiger partial charge in [0.25, 0.3) is 0 Å². The van der Waals surface area contributed by atoms with Crippen molar-refractivity contribution in [1.82, 2.24) is 9.97 Å². The second-order valence-corrected chi connectivity index (χ2v) is 9.07. The van der Waals surface area contributed by atoms with E-state index in [0.29, 0.717) is 11.4 Å². The van der Waals surface area contributed by atoms with E-state index in [1.807, 2.05) is 43.3 Å². The van der Waals surface area contributed by atoms with Crippen LogP contribution in [0, 0.1) is 13.8 Å². The summed E-state index contributed by atoms with van der Waals surface area (Å²) < 4.78 is 2.00. The van der Waals surface area contributed by atoms with Crippen molar-refractivity contribution in [2.24, 2.45) is 0 Å². The first-order chi connectivity index (χ1) is 14.2. The maximum atomic E-state index is 11.2. The molecular weight excluding hydrogens is 520 g/mol. The minimum atomic E-state index is -0.520. The highest BCUT2D eigenvalue weighted by atomic mass is 79.9. The molecule has 2 aromatic carbocycles. The summed E-state index contributed by atoms with van der Waals surface area (Å²) in [4.78, 5) is 19.9. The number of aryl methyl sites for hydroxylation is 2. The average molecular weight is 546 g/mol. The predicted molar refractivity (Wildman–Crippen MR) is 136 cm³/mol. The lowest BCUT2D eigenvalue weighted by atomic mass is 10.1. The van der Waals surface area contributed by atoms with Crippen molar-refractivity contribution in [2.45, 2.75) is 41.2 Å². The van der Waals surface area contributed by atoms with Gasteiger partial charge in [-0.25, -0.2) is 4.98 Å². The molecule has 0 unspecified atom stereocenters. The molecule has 4 rings (SSSR count). The van der Waals surface area contributed by atoms with Crippen molar-refractivity contribution in [1.29, 1.82) is 0 Å². The first-order valence-electron chi connectivity index (χ1n) is 9.48. The third-order valence-corrected chi connectivity index (χ3v) is 5.68. The minimum Gasteiger partial charge on any atom is -0.387 e. The van der Waals surface area contributed by atoms with Gasteiger partial charge < -0.3 is 5.11 Å². The Morgan fingerprint density at radius 2 is 1.35 bits per heavy atom. The molecule has 0 aliphatic carbocycles. The van der Waals surface area contributed by atoms with Crippen LogP contribution < -0.4 is 0 Å². The molecule has 0 bridgehead atoms. The van der Waals surface area contributed by atoms with E-state index in [-0.39, 0.29) is 13.2 Å². The summed E-state index contributed by atoms with van der Waals surface area (Å²) >= 11 is 6.86. The number of rotatable bonds is 2. The van der Waals surface area contributed by atoms with Crippen molar-refractivity contribution >= 4 is 59.4 Å². The van der Waals surface area contributed by atoms with E-state index in [9.17, 15) is 9.90 Å². The summed E-state index contributed by atoms with van der Waals surface area (Å²) in [6.07, 6.45) is -0.520. The van der Waals surface area contributed by atoms with Crippen LogP contribution in [0.25, 0.3) is 21.8 Å². The van der Waals surface area contributed by atoms with Crippen molar-refractivity contribution in [3.05, 3.63) is 80.0 Å². The molecule has 0 fully saturated rings. The number of hydrogen-bond donors (Lipinski definition) is 1. The molecule has 0 aliphatic heterocycles. The number of carbonyl (C=O) groups is 1. The molecule has 6 heteroatoms. The van der Waals surface area contributed by atoms with Gasteiger partial charge in [-0.05, 0) is 68.3 Å². The number of carbonyl (C=O) groups excluding carboxylic acids is 1. The normalized spacial score (nSPS) is 11.5. The fourth-order valence-corrected chi connectivity index (χ4v) is 4.32. The van der Waals surface area contributed by atoms with Crippen LogP contribution in [0.3, 0.4) is 0 Å². The zero-order chi connectivity index (χ0) is 22.0. The highest BCUT2D eigenvalue weighted by Gasteiger charge is 2.06. The number of nitrogens with zero attached hydrogens (tertiary/aromatic N) is 2. The summed E-state index contributed by atoms with van der Waals surface area (Å²) in [6, 6.07) is 15.6. The minimum absolute atomic E-state index is 0. The molecule has 0 aliphatic rings. The van der Waals surface area contributed by atoms with Crippen molar-refractivity contribution in [3.8, 4) is 0 Å². The Kier molecular flexibility index (Phi) is 8.46. The van der Waals surface area contributed by atoms with E-state index < -0.39 is 6.10 Å². The second kappa shape index (κ2) is 10.4. The number of aliphatic hydroxyl groups is 1. The molecule has 0 radical (unpaired) electrons. The lowest BCUT2D eigenvalue weighted by Crippen LogP contribution is -1.96. The number of benzene rings is 2. The zero-order valence-electron chi connectivity index (χ0n) is 17.2. The van der Waals surface area contributed by atoms with Crippen LogP contribution in [0.2, 0.25) is 0 Å². The van der Waals surface area contributed by atoms with E-state index in [1.165, 1.54) is 12.5 Å². The number of aromatic nitrogens is 2. The van der Waals surface area contributed by atoms with Crippen LogP contribution in [-0.4, -0.2) is 20.9 Å². The van der Waals surface area contributed by atoms with Crippen LogP contribution >= 0.6 is 31.9 Å². The van der Waals surface area contributed by atoms with Gasteiger partial charge in [0.05, 0.1) is 22.8 Å². The molecule has 1 N–H and O–H groups in total. The van der Waals surface area contributed by atoms with Crippen molar-refractivity contribution in [3.63, 3.8) is 0 Å². The highest BCUT2D eigenvalue weighted by molar-refractivity contribution is 9.10. The SMILES string of the molecule is C.CC(=O)c1ccc2c(C)cc(Br)cc2n1.Cc1cc(Br)cc2nc([C@@H](C)O)ccc12. The molecule has 4 aromatic rings. The lowest BCUT2D eigenvalue weighted by molar-refractivity contribution is 0.101. The lowest BCUT2D eigenvalue weighted by Gasteiger charge is -2.07. The monoisotopic (exact) mass is 544 g/mol. The third-order valence-electron chi connectivity index (χ3n) is 4.77. The van der Waals surface area contributed by atoms with E-state index in [4.69, 9.17) is 0 Å². The fourth-order valence-electron chi connectivity index (χ4n) is 3.20. The summed E-state index contributed by atoms with van der Waals surface area (Å²) in [6.45, 7) is 7.33. The first-order valence-corrected chi connectivity index (χ1v) is 11.1. The molecule has 0 amide bonds. The van der Waals surface area contributed by atoms with E-state index in [2.05, 4.69) is 54.8 Å². The van der Waals surface area contributed by atoms with Gasteiger partial charge >= 0.3 is 0 Å². The van der Waals surface area contributed by atoms with Gasteiger partial charge in [-0.15, -0.1) is 0 Å². The molecule has 2 heterocycles. The Balaban J connectivity index is 0.000000213. The first kappa shape index (κ1) is 25.1. The molecular formula is C25H26Br2N2O2. The molecule has 2 aromatic heterocycles. The van der Waals surface area contributed by atoms with Gasteiger partial charge in [0.15, 0.2) is 5.78 Å². The topological polar surface area (TPSA) is 63.1 Å². The Bertz CT molecular complexity index is 1250. The number of fused-ring (bicyclic) bond motifs is 2. The number of Topliss-reactive ketones (excluding diaryl/α,β-unsaturated/α-hetero) is 1. The van der Waals surface area contributed by atoms with Gasteiger partial charge in [0.1, 0.15) is 5.69 Å². The number of hydrogen-bond acceptors (Lipinski definition) is 4. The van der Waals surface area contributed by atoms with Gasteiger partial charge in [0, 0.05) is 26.6 Å². The highest BCUT2D eigenvalue weighted by Crippen LogP contribution is 2.24. The van der Waals surface area contributed by atoms with Crippen LogP contribution in [0.4, 0.5) is 0 Å². The van der Waals surface area contributed by atoms with Gasteiger partial charge in [-0.2, -0.15) is 0 Å². The predicted octanol–water partition coefficient (Wildman–Crippen LogP) is 7.50. The molecule has 4 nitrogen and oxygen atoms in total. The standard InChI is InChI=1S/C12H12BrNO.C12H10BrNO.CH4/c2*1-7-5-9(13)6-12-10(7)3-4-11(14-12)8(2)15;/h3-6,8,15H,1-2H3;3-6H,1-2H3;1H4/t8-;;/m1../s1. The Hall–Kier alpha value is -2.15. The smallest absolute Gasteiger partial charge is 0.178 e. The number of pyridine rings is 2. The van der Waals surface area contributed by atoms with E-state index in [0.717, 1.165) is 36.3 Å². The molecule has 162 valence electrons. The summed E-state index contributed by atoms with van der Waals surface area (Å²) in [5, 5.41) is 11.7. The van der Waals surface area contributed by atoms with E-state index in [1.54, 1.807) is 13.0 Å². The number of ketones is 1. The molecule has 1 atom stereocenters. The Labute approximate surface area is 200 Å². The number of halogens is 2. The summed E-state index contributed by atoms with van der Waals surface area (Å²) in [5.41, 5.74) is 5.33. The van der Waals surface area contributed by atoms with Gasteiger partial charge in [0.2, 0.25) is 0 Å². The fraction of sp³-hybridized carbons (Fsp3) is 0.240. The van der Waals surface area contributed by atoms with Crippen LogP contribution in [0.5, 0.6) is 0 Å². The van der Waals surface area contributed by atoms with Crippen molar-refractivity contribution in [2.75, 3.05) is 0 Å². The van der Waals surface area contributed by atoms with Crippen LogP contribution in [0.1, 0.15) is 54.7 Å². The molecule has 31 heavy (non-hydrogen) atoms. The number of aliphatic hydroxyl groups excluding tert-OH is 1. The third kappa shape index (κ3) is 5.97.